The van der Waals surface area contributed by atoms with Crippen molar-refractivity contribution in [3.05, 3.63) is 89.0 Å². The number of methoxy groups -OCH3 is 1. The van der Waals surface area contributed by atoms with E-state index >= 15 is 0 Å². The van der Waals surface area contributed by atoms with E-state index in [0.29, 0.717) is 39.3 Å². The van der Waals surface area contributed by atoms with Crippen molar-refractivity contribution in [2.75, 3.05) is 50.3 Å². The van der Waals surface area contributed by atoms with Crippen LogP contribution in [0.25, 0.3) is 11.3 Å². The third kappa shape index (κ3) is 5.65. The van der Waals surface area contributed by atoms with Gasteiger partial charge in [-0.3, -0.25) is 9.59 Å². The monoisotopic (exact) mass is 528 g/mol. The minimum Gasteiger partial charge on any atom is -0.478 e. The highest BCUT2D eigenvalue weighted by molar-refractivity contribution is 6.37. The first-order valence-electron chi connectivity index (χ1n) is 12.0. The Morgan fingerprint density at radius 3 is 2.31 bits per heavy atom. The predicted octanol–water partition coefficient (Wildman–Crippen LogP) is 3.63. The van der Waals surface area contributed by atoms with Crippen molar-refractivity contribution < 1.29 is 29.0 Å². The average molecular weight is 529 g/mol. The summed E-state index contributed by atoms with van der Waals surface area (Å²) < 4.78 is 4.79. The first-order valence-corrected chi connectivity index (χ1v) is 12.0. The number of nitrogens with one attached hydrogen (secondary N) is 2. The fraction of sp³-hybridized carbons (Fsp3) is 0.172. The number of anilines is 3. The summed E-state index contributed by atoms with van der Waals surface area (Å²) in [6.45, 7) is 0.117. The van der Waals surface area contributed by atoms with Crippen LogP contribution in [0, 0.1) is 0 Å². The van der Waals surface area contributed by atoms with Gasteiger partial charge in [-0.1, -0.05) is 36.4 Å². The first kappa shape index (κ1) is 27.1. The van der Waals surface area contributed by atoms with Crippen molar-refractivity contribution in [3.8, 4) is 0 Å². The van der Waals surface area contributed by atoms with Gasteiger partial charge in [0.15, 0.2) is 0 Å². The van der Waals surface area contributed by atoms with Crippen LogP contribution < -0.4 is 15.5 Å². The van der Waals surface area contributed by atoms with Crippen molar-refractivity contribution in [1.29, 1.82) is 0 Å². The number of likely N-dealkylation sites (N-methyl/N-ethyl adjacent to an activating group) is 2. The third-order valence-electron chi connectivity index (χ3n) is 6.18. The Hall–Kier alpha value is -4.96. The number of hydrogen-bond donors (Lipinski definition) is 3. The van der Waals surface area contributed by atoms with Crippen molar-refractivity contribution in [2.24, 2.45) is 0 Å². The number of amides is 2. The maximum absolute atomic E-state index is 13.2. The Morgan fingerprint density at radius 2 is 1.67 bits per heavy atom. The zero-order valence-electron chi connectivity index (χ0n) is 21.9. The smallest absolute Gasteiger partial charge is 0.337 e. The van der Waals surface area contributed by atoms with Crippen LogP contribution in [0.4, 0.5) is 17.1 Å². The van der Waals surface area contributed by atoms with E-state index in [0.717, 1.165) is 0 Å². The maximum Gasteiger partial charge on any atom is 0.337 e. The second-order valence-electron chi connectivity index (χ2n) is 9.17. The number of hydrogen-bond acceptors (Lipinski definition) is 7. The molecule has 3 aromatic rings. The lowest BCUT2D eigenvalue weighted by atomic mass is 9.98. The molecule has 0 spiro atoms. The number of carbonyl (C=O) groups excluding carboxylic acids is 3. The highest BCUT2D eigenvalue weighted by Crippen LogP contribution is 2.38. The van der Waals surface area contributed by atoms with Crippen LogP contribution in [-0.2, 0) is 14.3 Å². The molecule has 0 unspecified atom stereocenters. The molecule has 0 saturated heterocycles. The van der Waals surface area contributed by atoms with Crippen molar-refractivity contribution in [1.82, 2.24) is 4.90 Å². The summed E-state index contributed by atoms with van der Waals surface area (Å²) in [5, 5.41) is 16.0. The summed E-state index contributed by atoms with van der Waals surface area (Å²) in [4.78, 5) is 53.0. The second kappa shape index (κ2) is 11.2. The third-order valence-corrected chi connectivity index (χ3v) is 6.18. The number of fused-ring (bicyclic) bond motifs is 1. The van der Waals surface area contributed by atoms with Crippen LogP contribution in [0.2, 0.25) is 0 Å². The van der Waals surface area contributed by atoms with Gasteiger partial charge in [-0.2, -0.15) is 0 Å². The lowest BCUT2D eigenvalue weighted by molar-refractivity contribution is -0.119. The molecule has 3 aromatic carbocycles. The lowest BCUT2D eigenvalue weighted by Crippen LogP contribution is -2.35. The molecular weight excluding hydrogens is 500 g/mol. The van der Waals surface area contributed by atoms with Crippen molar-refractivity contribution in [3.63, 3.8) is 0 Å². The highest BCUT2D eigenvalue weighted by Gasteiger charge is 2.30. The molecule has 39 heavy (non-hydrogen) atoms. The zero-order valence-corrected chi connectivity index (χ0v) is 21.9. The Kier molecular flexibility index (Phi) is 7.78. The van der Waals surface area contributed by atoms with E-state index in [1.807, 2.05) is 30.3 Å². The molecule has 0 aromatic heterocycles. The number of carboxylic acids is 1. The molecule has 0 saturated carbocycles. The molecule has 1 aliphatic heterocycles. The first-order chi connectivity index (χ1) is 18.6. The van der Waals surface area contributed by atoms with Gasteiger partial charge in [0.05, 0.1) is 47.4 Å². The van der Waals surface area contributed by atoms with Crippen LogP contribution in [0.1, 0.15) is 31.8 Å². The fourth-order valence-electron chi connectivity index (χ4n) is 4.28. The molecule has 4 rings (SSSR count). The van der Waals surface area contributed by atoms with Gasteiger partial charge < -0.3 is 30.3 Å². The molecule has 0 radical (unpaired) electrons. The number of benzene rings is 3. The molecular formula is C29H28N4O6. The van der Waals surface area contributed by atoms with Crippen LogP contribution in [-0.4, -0.2) is 68.6 Å². The summed E-state index contributed by atoms with van der Waals surface area (Å²) in [7, 11) is 6.32. The van der Waals surface area contributed by atoms with Crippen LogP contribution in [0.15, 0.2) is 66.7 Å². The normalized spacial score (nSPS) is 13.4. The molecule has 1 heterocycles. The van der Waals surface area contributed by atoms with Crippen molar-refractivity contribution >= 4 is 52.1 Å². The molecule has 0 fully saturated rings. The van der Waals surface area contributed by atoms with Gasteiger partial charge in [-0.15, -0.1) is 0 Å². The van der Waals surface area contributed by atoms with Gasteiger partial charge in [0.2, 0.25) is 5.91 Å². The molecule has 200 valence electrons. The van der Waals surface area contributed by atoms with Gasteiger partial charge >= 0.3 is 11.9 Å². The minimum atomic E-state index is -1.20. The number of esters is 1. The molecule has 3 N–H and O–H groups in total. The average Bonchev–Trinajstić information content (AvgIpc) is 3.25. The number of aromatic carboxylic acids is 1. The number of nitrogens with zero attached hydrogens (tertiary/aromatic N) is 2. The van der Waals surface area contributed by atoms with Crippen LogP contribution >= 0.6 is 0 Å². The topological polar surface area (TPSA) is 128 Å². The largest absolute Gasteiger partial charge is 0.478 e. The van der Waals surface area contributed by atoms with Crippen LogP contribution in [0.5, 0.6) is 0 Å². The lowest BCUT2D eigenvalue weighted by Gasteiger charge is -2.22. The summed E-state index contributed by atoms with van der Waals surface area (Å²) >= 11 is 0. The zero-order chi connectivity index (χ0) is 28.3. The predicted molar refractivity (Wildman–Crippen MR) is 149 cm³/mol. The van der Waals surface area contributed by atoms with E-state index < -0.39 is 11.9 Å². The Balaban J connectivity index is 1.81. The van der Waals surface area contributed by atoms with Gasteiger partial charge in [0.25, 0.3) is 5.91 Å². The summed E-state index contributed by atoms with van der Waals surface area (Å²) in [5.74, 6) is -2.38. The number of carboxylic acid groups (broad SMARTS) is 1. The van der Waals surface area contributed by atoms with Gasteiger partial charge in [-0.05, 0) is 50.0 Å². The molecule has 10 heteroatoms. The second-order valence-corrected chi connectivity index (χ2v) is 9.17. The Labute approximate surface area is 225 Å². The van der Waals surface area contributed by atoms with E-state index in [4.69, 9.17) is 4.74 Å². The molecule has 1 aliphatic rings. The van der Waals surface area contributed by atoms with E-state index in [2.05, 4.69) is 10.6 Å². The molecule has 0 atom stereocenters. The molecule has 2 amide bonds. The van der Waals surface area contributed by atoms with E-state index in [1.54, 1.807) is 49.3 Å². The summed E-state index contributed by atoms with van der Waals surface area (Å²) in [6, 6.07) is 18.5. The SMILES string of the molecule is COC(=O)c1ccc2c(c1)NC(=O)C2=C(Nc1ccc(N(C)C(=O)CN(C)C)c(C(=O)O)c1)c1ccccc1. The summed E-state index contributed by atoms with van der Waals surface area (Å²) in [6.07, 6.45) is 0. The fourth-order valence-corrected chi connectivity index (χ4v) is 4.28. The van der Waals surface area contributed by atoms with E-state index in [9.17, 15) is 24.3 Å². The van der Waals surface area contributed by atoms with Crippen LogP contribution in [0.3, 0.4) is 0 Å². The van der Waals surface area contributed by atoms with Gasteiger partial charge in [0, 0.05) is 18.3 Å². The minimum absolute atomic E-state index is 0.0778. The highest BCUT2D eigenvalue weighted by atomic mass is 16.5. The Bertz CT molecular complexity index is 1500. The number of ether oxygens (including phenoxy) is 1. The maximum atomic E-state index is 13.2. The molecule has 0 bridgehead atoms. The molecule has 0 aliphatic carbocycles. The quantitative estimate of drug-likeness (QED) is 0.299. The number of rotatable bonds is 8. The number of carbonyl (C=O) groups is 4. The van der Waals surface area contributed by atoms with Gasteiger partial charge in [0.1, 0.15) is 0 Å². The van der Waals surface area contributed by atoms with E-state index in [-0.39, 0.29) is 29.6 Å². The Morgan fingerprint density at radius 1 is 0.949 bits per heavy atom. The van der Waals surface area contributed by atoms with E-state index in [1.165, 1.54) is 25.1 Å². The standard InChI is InChI=1S/C29H28N4O6/c1-32(2)16-24(34)33(3)23-13-11-19(15-21(23)28(36)37)30-26(17-8-6-5-7-9-17)25-20-12-10-18(29(38)39-4)14-22(20)31-27(25)35/h5-15,30H,16H2,1-4H3,(H,31,35)(H,36,37). The van der Waals surface area contributed by atoms with Gasteiger partial charge in [-0.25, -0.2) is 9.59 Å². The summed E-state index contributed by atoms with van der Waals surface area (Å²) in [5.41, 5.74) is 3.35. The molecule has 10 nitrogen and oxygen atoms in total. The van der Waals surface area contributed by atoms with Crippen molar-refractivity contribution in [2.45, 2.75) is 0 Å².